The smallest absolute Gasteiger partial charge is 0.258 e. The van der Waals surface area contributed by atoms with Crippen molar-refractivity contribution in [1.82, 2.24) is 14.3 Å². The van der Waals surface area contributed by atoms with E-state index in [0.717, 1.165) is 43.0 Å². The van der Waals surface area contributed by atoms with Crippen molar-refractivity contribution in [2.75, 3.05) is 19.7 Å². The number of aliphatic hydroxyl groups is 1. The largest absolute Gasteiger partial charge is 0.396 e. The molecule has 0 unspecified atom stereocenters. The zero-order valence-corrected chi connectivity index (χ0v) is 12.6. The van der Waals surface area contributed by atoms with Gasteiger partial charge in [-0.15, -0.1) is 11.3 Å². The van der Waals surface area contributed by atoms with Crippen LogP contribution in [0.25, 0.3) is 4.96 Å². The van der Waals surface area contributed by atoms with Gasteiger partial charge in [-0.25, -0.2) is 4.98 Å². The van der Waals surface area contributed by atoms with Gasteiger partial charge >= 0.3 is 0 Å². The lowest BCUT2D eigenvalue weighted by molar-refractivity contribution is 0.214. The molecule has 2 aromatic heterocycles. The van der Waals surface area contributed by atoms with Crippen LogP contribution in [-0.4, -0.2) is 39.1 Å². The van der Waals surface area contributed by atoms with Gasteiger partial charge in [-0.05, 0) is 19.4 Å². The van der Waals surface area contributed by atoms with Gasteiger partial charge in [0.05, 0.1) is 5.69 Å². The lowest BCUT2D eigenvalue weighted by atomic mass is 10.2. The second-order valence-corrected chi connectivity index (χ2v) is 5.72. The molecule has 0 saturated heterocycles. The minimum Gasteiger partial charge on any atom is -0.396 e. The highest BCUT2D eigenvalue weighted by Gasteiger charge is 2.09. The zero-order chi connectivity index (χ0) is 14.4. The molecule has 0 amide bonds. The summed E-state index contributed by atoms with van der Waals surface area (Å²) in [6.07, 6.45) is 4.75. The lowest BCUT2D eigenvalue weighted by Crippen LogP contribution is -2.27. The molecular weight excluding hydrogens is 274 g/mol. The van der Waals surface area contributed by atoms with Gasteiger partial charge in [0.2, 0.25) is 0 Å². The number of fused-ring (bicyclic) bond motifs is 1. The van der Waals surface area contributed by atoms with E-state index in [2.05, 4.69) is 16.8 Å². The van der Waals surface area contributed by atoms with Crippen LogP contribution in [0.15, 0.2) is 22.4 Å². The predicted octanol–water partition coefficient (Wildman–Crippen LogP) is 1.74. The van der Waals surface area contributed by atoms with Crippen molar-refractivity contribution in [3.8, 4) is 0 Å². The Balaban J connectivity index is 2.12. The summed E-state index contributed by atoms with van der Waals surface area (Å²) in [5.41, 5.74) is 0.787. The summed E-state index contributed by atoms with van der Waals surface area (Å²) in [6.45, 7) is 4.84. The molecule has 0 saturated carbocycles. The molecule has 0 aromatic carbocycles. The molecule has 0 aliphatic rings. The van der Waals surface area contributed by atoms with Crippen molar-refractivity contribution in [2.24, 2.45) is 0 Å². The Morgan fingerprint density at radius 3 is 2.95 bits per heavy atom. The van der Waals surface area contributed by atoms with Gasteiger partial charge in [0.15, 0.2) is 4.96 Å². The van der Waals surface area contributed by atoms with Crippen LogP contribution in [0.3, 0.4) is 0 Å². The van der Waals surface area contributed by atoms with Crippen LogP contribution in [0.5, 0.6) is 0 Å². The normalized spacial score (nSPS) is 11.6. The minimum atomic E-state index is -0.0242. The van der Waals surface area contributed by atoms with Gasteiger partial charge in [0.1, 0.15) is 0 Å². The Bertz CT molecular complexity index is 585. The van der Waals surface area contributed by atoms with E-state index in [9.17, 15) is 4.79 Å². The van der Waals surface area contributed by atoms with Gasteiger partial charge in [-0.2, -0.15) is 0 Å². The lowest BCUT2D eigenvalue weighted by Gasteiger charge is -2.21. The van der Waals surface area contributed by atoms with E-state index in [1.807, 2.05) is 5.38 Å². The molecule has 2 heterocycles. The minimum absolute atomic E-state index is 0.0242. The molecule has 110 valence electrons. The molecule has 0 spiro atoms. The van der Waals surface area contributed by atoms with Gasteiger partial charge in [0.25, 0.3) is 5.56 Å². The molecular formula is C14H21N3O2S. The van der Waals surface area contributed by atoms with Crippen LogP contribution in [0.2, 0.25) is 0 Å². The van der Waals surface area contributed by atoms with Gasteiger partial charge < -0.3 is 5.11 Å². The third kappa shape index (κ3) is 3.88. The summed E-state index contributed by atoms with van der Waals surface area (Å²) in [5, 5.41) is 10.8. The third-order valence-corrected chi connectivity index (χ3v) is 3.96. The number of hydrogen-bond acceptors (Lipinski definition) is 5. The van der Waals surface area contributed by atoms with Crippen molar-refractivity contribution in [3.63, 3.8) is 0 Å². The molecule has 6 heteroatoms. The molecule has 5 nitrogen and oxygen atoms in total. The quantitative estimate of drug-likeness (QED) is 0.806. The van der Waals surface area contributed by atoms with Crippen LogP contribution in [0.1, 0.15) is 31.9 Å². The van der Waals surface area contributed by atoms with Gasteiger partial charge in [-0.1, -0.05) is 13.3 Å². The molecule has 0 fully saturated rings. The summed E-state index contributed by atoms with van der Waals surface area (Å²) in [7, 11) is 0. The third-order valence-electron chi connectivity index (χ3n) is 3.20. The molecule has 2 rings (SSSR count). The molecule has 20 heavy (non-hydrogen) atoms. The SMILES string of the molecule is CCCCN(CCCO)Cc1cc(=O)n2ccsc2n1. The number of nitrogens with zero attached hydrogens (tertiary/aromatic N) is 3. The standard InChI is InChI=1S/C14H21N3O2S/c1-2-3-5-16(6-4-8-18)11-12-10-13(19)17-7-9-20-14(17)15-12/h7,9-10,18H,2-6,8,11H2,1H3. The highest BCUT2D eigenvalue weighted by molar-refractivity contribution is 7.15. The summed E-state index contributed by atoms with van der Waals surface area (Å²) >= 11 is 1.47. The maximum Gasteiger partial charge on any atom is 0.258 e. The van der Waals surface area contributed by atoms with Crippen LogP contribution in [0.4, 0.5) is 0 Å². The second-order valence-electron chi connectivity index (χ2n) is 4.85. The molecule has 0 radical (unpaired) electrons. The fraction of sp³-hybridized carbons (Fsp3) is 0.571. The van der Waals surface area contributed by atoms with Crippen LogP contribution < -0.4 is 5.56 Å². The van der Waals surface area contributed by atoms with Crippen molar-refractivity contribution < 1.29 is 5.11 Å². The molecule has 0 atom stereocenters. The second kappa shape index (κ2) is 7.52. The van der Waals surface area contributed by atoms with Crippen molar-refractivity contribution in [3.05, 3.63) is 33.7 Å². The molecule has 0 aliphatic carbocycles. The summed E-state index contributed by atoms with van der Waals surface area (Å²) in [5.74, 6) is 0. The molecule has 0 bridgehead atoms. The first kappa shape index (κ1) is 15.2. The maximum atomic E-state index is 11.9. The number of rotatable bonds is 8. The van der Waals surface area contributed by atoms with E-state index in [-0.39, 0.29) is 12.2 Å². The Hall–Kier alpha value is -1.24. The van der Waals surface area contributed by atoms with Crippen molar-refractivity contribution in [1.29, 1.82) is 0 Å². The topological polar surface area (TPSA) is 57.8 Å². The predicted molar refractivity (Wildman–Crippen MR) is 81.2 cm³/mol. The number of aromatic nitrogens is 2. The van der Waals surface area contributed by atoms with Crippen molar-refractivity contribution in [2.45, 2.75) is 32.7 Å². The first-order valence-corrected chi connectivity index (χ1v) is 7.91. The Kier molecular flexibility index (Phi) is 5.70. The number of hydrogen-bond donors (Lipinski definition) is 1. The number of aliphatic hydroxyl groups excluding tert-OH is 1. The molecule has 0 aliphatic heterocycles. The van der Waals surface area contributed by atoms with E-state index in [4.69, 9.17) is 5.11 Å². The van der Waals surface area contributed by atoms with Gasteiger partial charge in [-0.3, -0.25) is 14.1 Å². The van der Waals surface area contributed by atoms with Crippen LogP contribution in [0, 0.1) is 0 Å². The zero-order valence-electron chi connectivity index (χ0n) is 11.8. The van der Waals surface area contributed by atoms with Crippen LogP contribution in [-0.2, 0) is 6.54 Å². The van der Waals surface area contributed by atoms with E-state index >= 15 is 0 Å². The monoisotopic (exact) mass is 295 g/mol. The average molecular weight is 295 g/mol. The van der Waals surface area contributed by atoms with Crippen LogP contribution >= 0.6 is 11.3 Å². The number of unbranched alkanes of at least 4 members (excludes halogenated alkanes) is 1. The maximum absolute atomic E-state index is 11.9. The van der Waals surface area contributed by atoms with E-state index in [0.29, 0.717) is 6.54 Å². The highest BCUT2D eigenvalue weighted by Crippen LogP contribution is 2.09. The first-order valence-electron chi connectivity index (χ1n) is 7.03. The summed E-state index contributed by atoms with van der Waals surface area (Å²) in [6, 6.07) is 1.61. The Labute approximate surface area is 122 Å². The molecule has 2 aromatic rings. The fourth-order valence-electron chi connectivity index (χ4n) is 2.14. The summed E-state index contributed by atoms with van der Waals surface area (Å²) in [4.78, 5) is 19.5. The highest BCUT2D eigenvalue weighted by atomic mass is 32.1. The van der Waals surface area contributed by atoms with E-state index in [1.165, 1.54) is 11.3 Å². The average Bonchev–Trinajstić information content (AvgIpc) is 2.90. The molecule has 1 N–H and O–H groups in total. The summed E-state index contributed by atoms with van der Waals surface area (Å²) < 4.78 is 1.57. The van der Waals surface area contributed by atoms with E-state index < -0.39 is 0 Å². The van der Waals surface area contributed by atoms with Crippen molar-refractivity contribution >= 4 is 16.3 Å². The number of thiazole rings is 1. The Morgan fingerprint density at radius 1 is 1.40 bits per heavy atom. The first-order chi connectivity index (χ1) is 9.74. The van der Waals surface area contributed by atoms with Gasteiger partial charge in [0, 0.05) is 37.3 Å². The fourth-order valence-corrected chi connectivity index (χ4v) is 2.88. The van der Waals surface area contributed by atoms with E-state index in [1.54, 1.807) is 16.7 Å². The Morgan fingerprint density at radius 2 is 2.20 bits per heavy atom.